The van der Waals surface area contributed by atoms with Crippen LogP contribution in [-0.2, 0) is 4.79 Å². The number of amides is 2. The van der Waals surface area contributed by atoms with Gasteiger partial charge in [-0.1, -0.05) is 6.92 Å². The van der Waals surface area contributed by atoms with Crippen LogP contribution in [0.1, 0.15) is 26.2 Å². The first-order valence-electron chi connectivity index (χ1n) is 5.98. The second-order valence-corrected chi connectivity index (χ2v) is 4.25. The summed E-state index contributed by atoms with van der Waals surface area (Å²) in [5.74, 6) is -1.01. The van der Waals surface area contributed by atoms with Crippen molar-refractivity contribution in [1.29, 1.82) is 0 Å². The van der Waals surface area contributed by atoms with Crippen molar-refractivity contribution in [2.75, 3.05) is 26.2 Å². The van der Waals surface area contributed by atoms with E-state index in [1.165, 1.54) is 4.90 Å². The molecule has 0 radical (unpaired) electrons. The maximum Gasteiger partial charge on any atom is 0.323 e. The van der Waals surface area contributed by atoms with Crippen molar-refractivity contribution in [3.8, 4) is 0 Å². The number of carbonyl (C=O) groups is 2. The molecule has 0 saturated heterocycles. The highest BCUT2D eigenvalue weighted by Gasteiger charge is 2.34. The Kier molecular flexibility index (Phi) is 5.21. The smallest absolute Gasteiger partial charge is 0.323 e. The van der Waals surface area contributed by atoms with E-state index in [0.29, 0.717) is 6.54 Å². The fourth-order valence-corrected chi connectivity index (χ4v) is 1.79. The molecule has 1 rings (SSSR count). The molecule has 0 bridgehead atoms. The Labute approximate surface area is 101 Å². The first-order chi connectivity index (χ1) is 8.10. The van der Waals surface area contributed by atoms with Gasteiger partial charge in [-0.25, -0.2) is 4.79 Å². The monoisotopic (exact) mass is 244 g/mol. The standard InChI is InChI=1S/C11H20N2O4/c1-2-5-12(8-10(15)16)11(17)13(6-7-14)9-3-4-9/h9,14H,2-8H2,1H3,(H,15,16). The van der Waals surface area contributed by atoms with Crippen LogP contribution >= 0.6 is 0 Å². The minimum absolute atomic E-state index is 0.0880. The second-order valence-electron chi connectivity index (χ2n) is 4.25. The van der Waals surface area contributed by atoms with Gasteiger partial charge in [0.05, 0.1) is 6.61 Å². The molecule has 0 heterocycles. The van der Waals surface area contributed by atoms with Crippen molar-refractivity contribution >= 4 is 12.0 Å². The Hall–Kier alpha value is -1.30. The van der Waals surface area contributed by atoms with Gasteiger partial charge in [0, 0.05) is 19.1 Å². The molecular weight excluding hydrogens is 224 g/mol. The predicted octanol–water partition coefficient (Wildman–Crippen LogP) is 0.360. The fourth-order valence-electron chi connectivity index (χ4n) is 1.79. The summed E-state index contributed by atoms with van der Waals surface area (Å²) in [6.45, 7) is 2.25. The van der Waals surface area contributed by atoms with E-state index in [1.54, 1.807) is 4.90 Å². The van der Waals surface area contributed by atoms with Crippen LogP contribution in [0.15, 0.2) is 0 Å². The van der Waals surface area contributed by atoms with Crippen LogP contribution in [0.4, 0.5) is 4.79 Å². The van der Waals surface area contributed by atoms with E-state index in [-0.39, 0.29) is 31.8 Å². The maximum atomic E-state index is 12.1. The summed E-state index contributed by atoms with van der Waals surface area (Å²) in [6, 6.07) is -0.0893. The minimum atomic E-state index is -1.01. The number of aliphatic carboxylic acids is 1. The summed E-state index contributed by atoms with van der Waals surface area (Å²) >= 11 is 0. The van der Waals surface area contributed by atoms with Crippen molar-refractivity contribution in [2.45, 2.75) is 32.2 Å². The van der Waals surface area contributed by atoms with Gasteiger partial charge in [0.1, 0.15) is 6.54 Å². The van der Waals surface area contributed by atoms with Crippen LogP contribution in [0.2, 0.25) is 0 Å². The lowest BCUT2D eigenvalue weighted by Crippen LogP contribution is -2.47. The summed E-state index contributed by atoms with van der Waals surface area (Å²) < 4.78 is 0. The second kappa shape index (κ2) is 6.44. The van der Waals surface area contributed by atoms with Gasteiger partial charge in [-0.3, -0.25) is 4.79 Å². The third-order valence-corrected chi connectivity index (χ3v) is 2.66. The fraction of sp³-hybridized carbons (Fsp3) is 0.818. The number of nitrogens with zero attached hydrogens (tertiary/aromatic N) is 2. The molecule has 6 nitrogen and oxygen atoms in total. The number of carboxylic acid groups (broad SMARTS) is 1. The topological polar surface area (TPSA) is 81.1 Å². The van der Waals surface area contributed by atoms with Crippen LogP contribution in [0.3, 0.4) is 0 Å². The Bertz CT molecular complexity index is 279. The van der Waals surface area contributed by atoms with Gasteiger partial charge in [0.15, 0.2) is 0 Å². The zero-order valence-electron chi connectivity index (χ0n) is 10.1. The molecule has 0 spiro atoms. The molecule has 6 heteroatoms. The lowest BCUT2D eigenvalue weighted by molar-refractivity contribution is -0.137. The molecule has 0 atom stereocenters. The highest BCUT2D eigenvalue weighted by atomic mass is 16.4. The van der Waals surface area contributed by atoms with Crippen molar-refractivity contribution in [1.82, 2.24) is 9.80 Å². The average molecular weight is 244 g/mol. The van der Waals surface area contributed by atoms with Crippen LogP contribution in [0.25, 0.3) is 0 Å². The van der Waals surface area contributed by atoms with Crippen molar-refractivity contribution in [3.63, 3.8) is 0 Å². The van der Waals surface area contributed by atoms with Crippen LogP contribution < -0.4 is 0 Å². The Morgan fingerprint density at radius 3 is 2.35 bits per heavy atom. The Balaban J connectivity index is 2.62. The SMILES string of the molecule is CCCN(CC(=O)O)C(=O)N(CCO)C1CC1. The van der Waals surface area contributed by atoms with E-state index in [1.807, 2.05) is 6.92 Å². The van der Waals surface area contributed by atoms with Gasteiger partial charge in [-0.05, 0) is 19.3 Å². The van der Waals surface area contributed by atoms with Crippen molar-refractivity contribution < 1.29 is 19.8 Å². The largest absolute Gasteiger partial charge is 0.480 e. The van der Waals surface area contributed by atoms with Crippen LogP contribution in [0, 0.1) is 0 Å². The molecule has 2 amide bonds. The zero-order valence-corrected chi connectivity index (χ0v) is 10.1. The number of hydrogen-bond acceptors (Lipinski definition) is 3. The summed E-state index contributed by atoms with van der Waals surface area (Å²) in [6.07, 6.45) is 2.61. The molecule has 2 N–H and O–H groups in total. The number of carboxylic acids is 1. The van der Waals surface area contributed by atoms with Crippen LogP contribution in [-0.4, -0.2) is 64.3 Å². The van der Waals surface area contributed by atoms with Gasteiger partial charge in [0.25, 0.3) is 0 Å². The van der Waals surface area contributed by atoms with Gasteiger partial charge >= 0.3 is 12.0 Å². The third-order valence-electron chi connectivity index (χ3n) is 2.66. The van der Waals surface area contributed by atoms with Gasteiger partial charge in [-0.2, -0.15) is 0 Å². The number of rotatable bonds is 7. The van der Waals surface area contributed by atoms with Crippen molar-refractivity contribution in [3.05, 3.63) is 0 Å². The molecule has 0 aliphatic heterocycles. The highest BCUT2D eigenvalue weighted by Crippen LogP contribution is 2.27. The number of hydrogen-bond donors (Lipinski definition) is 2. The molecule has 17 heavy (non-hydrogen) atoms. The molecule has 0 aromatic carbocycles. The highest BCUT2D eigenvalue weighted by molar-refractivity contribution is 5.80. The van der Waals surface area contributed by atoms with Gasteiger partial charge in [-0.15, -0.1) is 0 Å². The molecule has 0 unspecified atom stereocenters. The van der Waals surface area contributed by atoms with E-state index < -0.39 is 5.97 Å². The van der Waals surface area contributed by atoms with E-state index in [0.717, 1.165) is 19.3 Å². The Morgan fingerprint density at radius 2 is 1.94 bits per heavy atom. The first-order valence-corrected chi connectivity index (χ1v) is 5.98. The molecule has 1 aliphatic rings. The van der Waals surface area contributed by atoms with Crippen LogP contribution in [0.5, 0.6) is 0 Å². The summed E-state index contributed by atoms with van der Waals surface area (Å²) in [5.41, 5.74) is 0. The molecule has 0 aromatic rings. The average Bonchev–Trinajstić information content (AvgIpc) is 3.07. The maximum absolute atomic E-state index is 12.1. The predicted molar refractivity (Wildman–Crippen MR) is 61.7 cm³/mol. The number of carbonyl (C=O) groups excluding carboxylic acids is 1. The third kappa shape index (κ3) is 4.22. The van der Waals surface area contributed by atoms with Crippen molar-refractivity contribution in [2.24, 2.45) is 0 Å². The minimum Gasteiger partial charge on any atom is -0.480 e. The molecule has 1 saturated carbocycles. The molecule has 1 aliphatic carbocycles. The summed E-state index contributed by atoms with van der Waals surface area (Å²) in [5, 5.41) is 17.7. The lowest BCUT2D eigenvalue weighted by atomic mass is 10.4. The Morgan fingerprint density at radius 1 is 1.29 bits per heavy atom. The lowest BCUT2D eigenvalue weighted by Gasteiger charge is -2.29. The quantitative estimate of drug-likeness (QED) is 0.677. The van der Waals surface area contributed by atoms with E-state index in [9.17, 15) is 9.59 Å². The van der Waals surface area contributed by atoms with E-state index in [2.05, 4.69) is 0 Å². The summed E-state index contributed by atoms with van der Waals surface area (Å²) in [4.78, 5) is 25.7. The number of aliphatic hydroxyl groups excluding tert-OH is 1. The summed E-state index contributed by atoms with van der Waals surface area (Å²) in [7, 11) is 0. The zero-order chi connectivity index (χ0) is 12.8. The molecule has 0 aromatic heterocycles. The normalized spacial score (nSPS) is 14.5. The van der Waals surface area contributed by atoms with Gasteiger partial charge in [0.2, 0.25) is 0 Å². The van der Waals surface area contributed by atoms with E-state index >= 15 is 0 Å². The molecule has 98 valence electrons. The van der Waals surface area contributed by atoms with Gasteiger partial charge < -0.3 is 20.0 Å². The number of aliphatic hydroxyl groups is 1. The number of urea groups is 1. The first kappa shape index (κ1) is 13.8. The molecular formula is C11H20N2O4. The van der Waals surface area contributed by atoms with E-state index in [4.69, 9.17) is 10.2 Å². The molecule has 1 fully saturated rings.